The first-order valence-corrected chi connectivity index (χ1v) is 4.55. The lowest BCUT2D eigenvalue weighted by Crippen LogP contribution is -1.99. The van der Waals surface area contributed by atoms with Gasteiger partial charge in [0.05, 0.1) is 11.6 Å². The minimum Gasteiger partial charge on any atom is -0.383 e. The first-order valence-electron chi connectivity index (χ1n) is 4.18. The summed E-state index contributed by atoms with van der Waals surface area (Å²) in [6, 6.07) is 7.29. The van der Waals surface area contributed by atoms with E-state index in [4.69, 9.17) is 16.9 Å². The smallest absolute Gasteiger partial charge is 0.0992 e. The highest BCUT2D eigenvalue weighted by Crippen LogP contribution is 2.18. The van der Waals surface area contributed by atoms with Gasteiger partial charge in [-0.15, -0.1) is 0 Å². The highest BCUT2D eigenvalue weighted by Gasteiger charge is 1.97. The van der Waals surface area contributed by atoms with E-state index in [1.165, 1.54) is 0 Å². The van der Waals surface area contributed by atoms with Crippen LogP contribution in [0.5, 0.6) is 0 Å². The van der Waals surface area contributed by atoms with Gasteiger partial charge in [-0.1, -0.05) is 17.7 Å². The van der Waals surface area contributed by atoms with Gasteiger partial charge in [0.2, 0.25) is 0 Å². The van der Waals surface area contributed by atoms with E-state index >= 15 is 0 Å². The minimum atomic E-state index is 0.581. The zero-order chi connectivity index (χ0) is 10.6. The standard InChI is InChI=1S/C11H11ClN2/c1-14(2)6-5-10-4-3-9(8-13)7-11(10)12/h3-7H,1-2H3/b6-5+. The molecule has 2 nitrogen and oxygen atoms in total. The SMILES string of the molecule is CN(C)/C=C/c1ccc(C#N)cc1Cl. The molecular formula is C11H11ClN2. The Kier molecular flexibility index (Phi) is 3.55. The molecule has 0 amide bonds. The molecule has 0 atom stereocenters. The predicted molar refractivity (Wildman–Crippen MR) is 58.9 cm³/mol. The lowest BCUT2D eigenvalue weighted by molar-refractivity contribution is 0.567. The molecule has 0 fully saturated rings. The maximum absolute atomic E-state index is 8.64. The summed E-state index contributed by atoms with van der Waals surface area (Å²) in [5.41, 5.74) is 1.50. The van der Waals surface area contributed by atoms with E-state index < -0.39 is 0 Å². The normalized spacial score (nSPS) is 10.1. The third-order valence-corrected chi connectivity index (χ3v) is 2.01. The molecule has 72 valence electrons. The maximum Gasteiger partial charge on any atom is 0.0992 e. The largest absolute Gasteiger partial charge is 0.383 e. The molecule has 1 aromatic rings. The molecule has 1 rings (SSSR count). The fourth-order valence-corrected chi connectivity index (χ4v) is 1.20. The van der Waals surface area contributed by atoms with Gasteiger partial charge in [0.25, 0.3) is 0 Å². The second-order valence-electron chi connectivity index (χ2n) is 3.13. The van der Waals surface area contributed by atoms with Crippen LogP contribution in [0, 0.1) is 11.3 Å². The third kappa shape index (κ3) is 2.79. The molecule has 0 aromatic heterocycles. The van der Waals surface area contributed by atoms with Crippen molar-refractivity contribution in [3.63, 3.8) is 0 Å². The molecule has 0 aliphatic rings. The van der Waals surface area contributed by atoms with E-state index in [9.17, 15) is 0 Å². The van der Waals surface area contributed by atoms with Crippen LogP contribution in [0.3, 0.4) is 0 Å². The summed E-state index contributed by atoms with van der Waals surface area (Å²) in [5, 5.41) is 9.24. The van der Waals surface area contributed by atoms with E-state index in [1.807, 2.05) is 43.4 Å². The predicted octanol–water partition coefficient (Wildman–Crippen LogP) is 2.74. The van der Waals surface area contributed by atoms with Crippen molar-refractivity contribution < 1.29 is 0 Å². The second kappa shape index (κ2) is 4.69. The van der Waals surface area contributed by atoms with Crippen molar-refractivity contribution in [2.45, 2.75) is 0 Å². The fraction of sp³-hybridized carbons (Fsp3) is 0.182. The van der Waals surface area contributed by atoms with Gasteiger partial charge < -0.3 is 4.90 Å². The highest BCUT2D eigenvalue weighted by molar-refractivity contribution is 6.32. The summed E-state index contributed by atoms with van der Waals surface area (Å²) in [7, 11) is 3.88. The molecule has 3 heteroatoms. The van der Waals surface area contributed by atoms with Crippen LogP contribution in [0.2, 0.25) is 5.02 Å². The number of benzene rings is 1. The van der Waals surface area contributed by atoms with Crippen LogP contribution in [0.25, 0.3) is 6.08 Å². The number of nitriles is 1. The molecule has 0 bridgehead atoms. The Morgan fingerprint density at radius 1 is 1.43 bits per heavy atom. The second-order valence-corrected chi connectivity index (χ2v) is 3.53. The van der Waals surface area contributed by atoms with Gasteiger partial charge in [0.1, 0.15) is 0 Å². The van der Waals surface area contributed by atoms with Crippen molar-refractivity contribution in [1.82, 2.24) is 4.90 Å². The van der Waals surface area contributed by atoms with Crippen molar-refractivity contribution in [3.05, 3.63) is 40.5 Å². The number of rotatable bonds is 2. The molecule has 0 radical (unpaired) electrons. The number of nitrogens with zero attached hydrogens (tertiary/aromatic N) is 2. The third-order valence-electron chi connectivity index (χ3n) is 1.68. The summed E-state index contributed by atoms with van der Waals surface area (Å²) in [6.45, 7) is 0. The average molecular weight is 207 g/mol. The van der Waals surface area contributed by atoms with Crippen molar-refractivity contribution in [1.29, 1.82) is 5.26 Å². The molecule has 1 aromatic carbocycles. The Morgan fingerprint density at radius 2 is 2.14 bits per heavy atom. The summed E-state index contributed by atoms with van der Waals surface area (Å²) >= 11 is 5.97. The zero-order valence-corrected chi connectivity index (χ0v) is 8.92. The number of hydrogen-bond donors (Lipinski definition) is 0. The van der Waals surface area contributed by atoms with Crippen LogP contribution in [0.4, 0.5) is 0 Å². The Morgan fingerprint density at radius 3 is 2.64 bits per heavy atom. The van der Waals surface area contributed by atoms with Gasteiger partial charge in [-0.3, -0.25) is 0 Å². The van der Waals surface area contributed by atoms with Crippen LogP contribution in [0.1, 0.15) is 11.1 Å². The van der Waals surface area contributed by atoms with Gasteiger partial charge in [-0.25, -0.2) is 0 Å². The van der Waals surface area contributed by atoms with E-state index in [2.05, 4.69) is 0 Å². The Bertz CT molecular complexity index is 389. The molecule has 0 N–H and O–H groups in total. The van der Waals surface area contributed by atoms with E-state index in [1.54, 1.807) is 12.1 Å². The van der Waals surface area contributed by atoms with Crippen LogP contribution in [-0.4, -0.2) is 19.0 Å². The van der Waals surface area contributed by atoms with E-state index in [0.29, 0.717) is 10.6 Å². The topological polar surface area (TPSA) is 27.0 Å². The number of halogens is 1. The number of hydrogen-bond acceptors (Lipinski definition) is 2. The van der Waals surface area contributed by atoms with Crippen molar-refractivity contribution in [2.75, 3.05) is 14.1 Å². The maximum atomic E-state index is 8.64. The fourth-order valence-electron chi connectivity index (χ4n) is 0.961. The summed E-state index contributed by atoms with van der Waals surface area (Å²) in [6.07, 6.45) is 3.82. The monoisotopic (exact) mass is 206 g/mol. The highest BCUT2D eigenvalue weighted by atomic mass is 35.5. The summed E-state index contributed by atoms with van der Waals surface area (Å²) in [4.78, 5) is 1.93. The zero-order valence-electron chi connectivity index (χ0n) is 8.16. The Balaban J connectivity index is 2.96. The van der Waals surface area contributed by atoms with Crippen molar-refractivity contribution >= 4 is 17.7 Å². The van der Waals surface area contributed by atoms with Gasteiger partial charge in [0.15, 0.2) is 0 Å². The van der Waals surface area contributed by atoms with Gasteiger partial charge in [0, 0.05) is 19.1 Å². The van der Waals surface area contributed by atoms with Gasteiger partial charge in [-0.2, -0.15) is 5.26 Å². The van der Waals surface area contributed by atoms with E-state index in [-0.39, 0.29) is 0 Å². The minimum absolute atomic E-state index is 0.581. The van der Waals surface area contributed by atoms with Crippen LogP contribution < -0.4 is 0 Å². The van der Waals surface area contributed by atoms with E-state index in [0.717, 1.165) is 5.56 Å². The van der Waals surface area contributed by atoms with Gasteiger partial charge >= 0.3 is 0 Å². The van der Waals surface area contributed by atoms with Crippen molar-refractivity contribution in [3.8, 4) is 6.07 Å². The Labute approximate surface area is 89.0 Å². The first-order chi connectivity index (χ1) is 6.63. The molecule has 14 heavy (non-hydrogen) atoms. The lowest BCUT2D eigenvalue weighted by atomic mass is 10.1. The Hall–Kier alpha value is -1.46. The molecular weight excluding hydrogens is 196 g/mol. The molecule has 0 unspecified atom stereocenters. The quantitative estimate of drug-likeness (QED) is 0.744. The van der Waals surface area contributed by atoms with Gasteiger partial charge in [-0.05, 0) is 30.0 Å². The molecule has 0 saturated heterocycles. The van der Waals surface area contributed by atoms with Crippen LogP contribution in [0.15, 0.2) is 24.4 Å². The van der Waals surface area contributed by atoms with Crippen molar-refractivity contribution in [2.24, 2.45) is 0 Å². The molecule has 0 aliphatic heterocycles. The molecule has 0 saturated carbocycles. The average Bonchev–Trinajstić information content (AvgIpc) is 2.15. The lowest BCUT2D eigenvalue weighted by Gasteiger charge is -2.04. The molecule has 0 spiro atoms. The molecule has 0 aliphatic carbocycles. The van der Waals surface area contributed by atoms with Crippen LogP contribution >= 0.6 is 11.6 Å². The first kappa shape index (κ1) is 10.6. The van der Waals surface area contributed by atoms with Crippen LogP contribution in [-0.2, 0) is 0 Å². The summed E-state index contributed by atoms with van der Waals surface area (Å²) < 4.78 is 0. The molecule has 0 heterocycles. The summed E-state index contributed by atoms with van der Waals surface area (Å²) in [5.74, 6) is 0.